The van der Waals surface area contributed by atoms with Crippen molar-refractivity contribution in [3.05, 3.63) is 70.9 Å². The summed E-state index contributed by atoms with van der Waals surface area (Å²) in [5, 5.41) is 16.4. The highest BCUT2D eigenvalue weighted by molar-refractivity contribution is 6.27. The normalized spacial score (nSPS) is 15.0. The van der Waals surface area contributed by atoms with E-state index in [9.17, 15) is 5.26 Å². The molecule has 1 aliphatic rings. The summed E-state index contributed by atoms with van der Waals surface area (Å²) in [6.45, 7) is 4.29. The molecule has 6 aromatic rings. The van der Waals surface area contributed by atoms with Gasteiger partial charge in [-0.1, -0.05) is 49.9 Å². The molecular formula is C31H28N3+. The summed E-state index contributed by atoms with van der Waals surface area (Å²) in [5.41, 5.74) is 9.46. The van der Waals surface area contributed by atoms with Crippen molar-refractivity contribution in [2.75, 3.05) is 0 Å². The van der Waals surface area contributed by atoms with Crippen LogP contribution in [0.1, 0.15) is 47.9 Å². The minimum absolute atomic E-state index is 0.802. The van der Waals surface area contributed by atoms with E-state index < -0.39 is 0 Å². The maximum Gasteiger partial charge on any atom is 0.224 e. The smallest absolute Gasteiger partial charge is 0.224 e. The Kier molecular flexibility index (Phi) is 4.04. The van der Waals surface area contributed by atoms with Crippen LogP contribution in [0.2, 0.25) is 0 Å². The molecule has 3 heteroatoms. The predicted molar refractivity (Wildman–Crippen MR) is 140 cm³/mol. The second kappa shape index (κ2) is 6.93. The quantitative estimate of drug-likeness (QED) is 0.161. The summed E-state index contributed by atoms with van der Waals surface area (Å²) in [4.78, 5) is 0. The number of hydrogen-bond donors (Lipinski definition) is 0. The maximum atomic E-state index is 10.2. The van der Waals surface area contributed by atoms with Gasteiger partial charge in [-0.15, -0.1) is 0 Å². The molecule has 0 unspecified atom stereocenters. The molecule has 3 aromatic heterocycles. The van der Waals surface area contributed by atoms with Crippen molar-refractivity contribution in [2.24, 2.45) is 13.0 Å². The number of rotatable bonds is 2. The van der Waals surface area contributed by atoms with E-state index in [-0.39, 0.29) is 0 Å². The van der Waals surface area contributed by atoms with Crippen molar-refractivity contribution in [1.82, 2.24) is 4.40 Å². The second-order valence-electron chi connectivity index (χ2n) is 10.4. The Balaban J connectivity index is 1.78. The van der Waals surface area contributed by atoms with Gasteiger partial charge in [0.25, 0.3) is 0 Å². The number of hydrogen-bond acceptors (Lipinski definition) is 1. The van der Waals surface area contributed by atoms with Gasteiger partial charge in [0, 0.05) is 16.8 Å². The summed E-state index contributed by atoms with van der Waals surface area (Å²) in [7, 11) is 2.15. The molecule has 0 radical (unpaired) electrons. The third-order valence-corrected chi connectivity index (χ3v) is 8.54. The van der Waals surface area contributed by atoms with Gasteiger partial charge >= 0.3 is 0 Å². The average Bonchev–Trinajstić information content (AvgIpc) is 3.47. The Hall–Kier alpha value is -3.64. The van der Waals surface area contributed by atoms with E-state index in [1.54, 1.807) is 0 Å². The van der Waals surface area contributed by atoms with Crippen LogP contribution < -0.4 is 4.57 Å². The van der Waals surface area contributed by atoms with Gasteiger partial charge < -0.3 is 4.40 Å². The largest absolute Gasteiger partial charge is 0.307 e. The minimum atomic E-state index is 0.802. The Morgan fingerprint density at radius 2 is 1.76 bits per heavy atom. The number of pyridine rings is 2. The van der Waals surface area contributed by atoms with E-state index in [2.05, 4.69) is 84.6 Å². The second-order valence-corrected chi connectivity index (χ2v) is 10.4. The number of benzene rings is 3. The molecule has 0 aliphatic heterocycles. The zero-order chi connectivity index (χ0) is 23.1. The van der Waals surface area contributed by atoms with Crippen molar-refractivity contribution in [3.63, 3.8) is 0 Å². The van der Waals surface area contributed by atoms with Crippen LogP contribution in [0, 0.1) is 31.1 Å². The lowest BCUT2D eigenvalue weighted by Gasteiger charge is -2.17. The highest BCUT2D eigenvalue weighted by Gasteiger charge is 2.27. The fourth-order valence-electron chi connectivity index (χ4n) is 6.83. The molecule has 3 aromatic carbocycles. The van der Waals surface area contributed by atoms with Crippen molar-refractivity contribution in [3.8, 4) is 6.07 Å². The first-order valence-electron chi connectivity index (χ1n) is 12.5. The highest BCUT2D eigenvalue weighted by Crippen LogP contribution is 2.44. The van der Waals surface area contributed by atoms with Gasteiger partial charge in [0.2, 0.25) is 5.52 Å². The lowest BCUT2D eigenvalue weighted by molar-refractivity contribution is -0.643. The van der Waals surface area contributed by atoms with Crippen LogP contribution in [0.4, 0.5) is 0 Å². The fourth-order valence-corrected chi connectivity index (χ4v) is 6.83. The zero-order valence-corrected chi connectivity index (χ0v) is 20.1. The monoisotopic (exact) mass is 442 g/mol. The molecule has 0 atom stereocenters. The predicted octanol–water partition coefficient (Wildman–Crippen LogP) is 7.04. The molecule has 7 rings (SSSR count). The van der Waals surface area contributed by atoms with E-state index in [1.807, 2.05) is 0 Å². The molecular weight excluding hydrogens is 414 g/mol. The molecule has 0 spiro atoms. The Bertz CT molecular complexity index is 1820. The third-order valence-electron chi connectivity index (χ3n) is 8.54. The molecule has 0 N–H and O–H groups in total. The van der Waals surface area contributed by atoms with Crippen molar-refractivity contribution >= 4 is 49.0 Å². The first-order chi connectivity index (χ1) is 16.6. The number of aromatic nitrogens is 2. The highest BCUT2D eigenvalue weighted by atomic mass is 15.0. The van der Waals surface area contributed by atoms with Gasteiger partial charge in [0.15, 0.2) is 6.20 Å². The van der Waals surface area contributed by atoms with Crippen LogP contribution in [-0.2, 0) is 13.5 Å². The third kappa shape index (κ3) is 2.44. The van der Waals surface area contributed by atoms with Crippen LogP contribution in [0.25, 0.3) is 49.0 Å². The SMILES string of the molecule is Cc1c(C#N)c2c3ccccc3n3c4cc(CC5CCCC5)cc5cc[n+](C)c(c(c1C)c23)c54. The zero-order valence-electron chi connectivity index (χ0n) is 20.1. The number of fused-ring (bicyclic) bond motifs is 5. The van der Waals surface area contributed by atoms with Gasteiger partial charge in [-0.25, -0.2) is 4.57 Å². The van der Waals surface area contributed by atoms with E-state index >= 15 is 0 Å². The summed E-state index contributed by atoms with van der Waals surface area (Å²) in [5.74, 6) is 0.802. The summed E-state index contributed by atoms with van der Waals surface area (Å²) < 4.78 is 4.73. The van der Waals surface area contributed by atoms with E-state index in [0.29, 0.717) is 0 Å². The molecule has 3 heterocycles. The molecule has 3 nitrogen and oxygen atoms in total. The van der Waals surface area contributed by atoms with Crippen molar-refractivity contribution < 1.29 is 4.57 Å². The van der Waals surface area contributed by atoms with Gasteiger partial charge in [-0.2, -0.15) is 5.26 Å². The lowest BCUT2D eigenvalue weighted by Crippen LogP contribution is -2.29. The van der Waals surface area contributed by atoms with Crippen LogP contribution in [0.15, 0.2) is 48.7 Å². The van der Waals surface area contributed by atoms with Crippen molar-refractivity contribution in [1.29, 1.82) is 5.26 Å². The van der Waals surface area contributed by atoms with E-state index in [1.165, 1.54) is 80.4 Å². The average molecular weight is 443 g/mol. The van der Waals surface area contributed by atoms with Crippen LogP contribution in [-0.4, -0.2) is 4.40 Å². The lowest BCUT2D eigenvalue weighted by atomic mass is 9.91. The number of aryl methyl sites for hydroxylation is 2. The molecule has 1 aliphatic carbocycles. The minimum Gasteiger partial charge on any atom is -0.307 e. The van der Waals surface area contributed by atoms with Gasteiger partial charge in [0.05, 0.1) is 32.9 Å². The molecule has 0 bridgehead atoms. The Morgan fingerprint density at radius 3 is 2.56 bits per heavy atom. The molecule has 34 heavy (non-hydrogen) atoms. The van der Waals surface area contributed by atoms with Gasteiger partial charge in [-0.05, 0) is 60.4 Å². The first-order valence-corrected chi connectivity index (χ1v) is 12.5. The van der Waals surface area contributed by atoms with Crippen LogP contribution in [0.5, 0.6) is 0 Å². The topological polar surface area (TPSA) is 32.1 Å². The molecule has 1 fully saturated rings. The number of nitrogens with zero attached hydrogens (tertiary/aromatic N) is 3. The number of para-hydroxylation sites is 1. The first kappa shape index (κ1) is 19.8. The van der Waals surface area contributed by atoms with Crippen LogP contribution >= 0.6 is 0 Å². The number of nitriles is 1. The Morgan fingerprint density at radius 1 is 0.971 bits per heavy atom. The van der Waals surface area contributed by atoms with E-state index in [4.69, 9.17) is 0 Å². The fraction of sp³-hybridized carbons (Fsp3) is 0.290. The molecule has 1 saturated carbocycles. The summed E-state index contributed by atoms with van der Waals surface area (Å²) in [6.07, 6.45) is 8.81. The molecule has 0 amide bonds. The van der Waals surface area contributed by atoms with Gasteiger partial charge in [-0.3, -0.25) is 0 Å². The van der Waals surface area contributed by atoms with Crippen molar-refractivity contribution in [2.45, 2.75) is 46.0 Å². The van der Waals surface area contributed by atoms with Gasteiger partial charge in [0.1, 0.15) is 13.1 Å². The van der Waals surface area contributed by atoms with E-state index in [0.717, 1.165) is 28.9 Å². The maximum absolute atomic E-state index is 10.2. The summed E-state index contributed by atoms with van der Waals surface area (Å²) in [6, 6.07) is 18.3. The van der Waals surface area contributed by atoms with Crippen LogP contribution in [0.3, 0.4) is 0 Å². The molecule has 166 valence electrons. The summed E-state index contributed by atoms with van der Waals surface area (Å²) >= 11 is 0. The standard InChI is InChI=1S/C31H28N3/c1-18-19(2)27-30-28-22(12-13-33(30)3)15-21(14-20-8-4-5-9-20)16-26(28)34-25-11-7-6-10-23(25)29(31(27)34)24(18)17-32/h6-7,10-13,15-16,20H,4-5,8-9,14H2,1-3H3/q+1. The Labute approximate surface area is 199 Å². The molecule has 0 saturated heterocycles.